The normalized spacial score (nSPS) is 28.4. The van der Waals surface area contributed by atoms with Gasteiger partial charge in [-0.05, 0) is 26.7 Å². The summed E-state index contributed by atoms with van der Waals surface area (Å²) in [5.41, 5.74) is 0. The number of ether oxygens (including phenoxy) is 2. The molecule has 1 N–H and O–H groups in total. The van der Waals surface area contributed by atoms with Gasteiger partial charge < -0.3 is 19.7 Å². The van der Waals surface area contributed by atoms with Gasteiger partial charge >= 0.3 is 6.03 Å². The first-order valence-corrected chi connectivity index (χ1v) is 5.91. The zero-order valence-electron chi connectivity index (χ0n) is 9.99. The minimum absolute atomic E-state index is 0.0193. The smallest absolute Gasteiger partial charge is 0.317 e. The topological polar surface area (TPSA) is 50.8 Å². The lowest BCUT2D eigenvalue weighted by molar-refractivity contribution is -0.137. The van der Waals surface area contributed by atoms with Gasteiger partial charge in [0.1, 0.15) is 6.10 Å². The van der Waals surface area contributed by atoms with Gasteiger partial charge in [0.25, 0.3) is 0 Å². The third kappa shape index (κ3) is 2.86. The van der Waals surface area contributed by atoms with Gasteiger partial charge in [-0.25, -0.2) is 4.79 Å². The Morgan fingerprint density at radius 2 is 2.12 bits per heavy atom. The quantitative estimate of drug-likeness (QED) is 0.765. The third-order valence-corrected chi connectivity index (χ3v) is 2.94. The van der Waals surface area contributed by atoms with Crippen molar-refractivity contribution in [1.29, 1.82) is 0 Å². The average molecular weight is 228 g/mol. The van der Waals surface area contributed by atoms with Gasteiger partial charge in [0.2, 0.25) is 0 Å². The second-order valence-electron chi connectivity index (χ2n) is 4.83. The summed E-state index contributed by atoms with van der Waals surface area (Å²) in [5.74, 6) is -0.511. The molecule has 2 fully saturated rings. The molecule has 0 radical (unpaired) electrons. The molecule has 2 heterocycles. The Morgan fingerprint density at radius 1 is 1.44 bits per heavy atom. The summed E-state index contributed by atoms with van der Waals surface area (Å²) in [6.45, 7) is 6.59. The van der Waals surface area contributed by atoms with E-state index in [1.165, 1.54) is 0 Å². The molecule has 0 spiro atoms. The predicted molar refractivity (Wildman–Crippen MR) is 59.1 cm³/mol. The molecule has 0 aromatic heterocycles. The monoisotopic (exact) mass is 228 g/mol. The van der Waals surface area contributed by atoms with Crippen molar-refractivity contribution in [2.75, 3.05) is 26.2 Å². The van der Waals surface area contributed by atoms with Crippen LogP contribution in [-0.2, 0) is 9.47 Å². The molecule has 2 aliphatic rings. The highest BCUT2D eigenvalue weighted by atomic mass is 16.7. The Hall–Kier alpha value is -0.810. The van der Waals surface area contributed by atoms with Crippen molar-refractivity contribution in [3.8, 4) is 0 Å². The van der Waals surface area contributed by atoms with Crippen molar-refractivity contribution in [3.63, 3.8) is 0 Å². The maximum Gasteiger partial charge on any atom is 0.317 e. The van der Waals surface area contributed by atoms with E-state index in [1.54, 1.807) is 0 Å². The van der Waals surface area contributed by atoms with E-state index in [0.29, 0.717) is 13.2 Å². The maximum atomic E-state index is 11.7. The van der Waals surface area contributed by atoms with E-state index >= 15 is 0 Å². The number of rotatable bonds is 2. The highest BCUT2D eigenvalue weighted by Gasteiger charge is 2.33. The number of carbonyl (C=O) groups excluding carboxylic acids is 1. The largest absolute Gasteiger partial charge is 0.348 e. The first kappa shape index (κ1) is 11.7. The molecule has 0 aromatic rings. The van der Waals surface area contributed by atoms with Crippen molar-refractivity contribution in [2.45, 2.75) is 38.6 Å². The highest BCUT2D eigenvalue weighted by molar-refractivity contribution is 5.74. The molecule has 92 valence electrons. The zero-order valence-corrected chi connectivity index (χ0v) is 9.99. The summed E-state index contributed by atoms with van der Waals surface area (Å²) >= 11 is 0. The Balaban J connectivity index is 1.69. The van der Waals surface area contributed by atoms with Crippen molar-refractivity contribution in [3.05, 3.63) is 0 Å². The minimum atomic E-state index is -0.511. The lowest BCUT2D eigenvalue weighted by atomic mass is 10.4. The standard InChI is InChI=1S/C11H20N2O3/c1-11(2)15-8-9(16-11)7-12-10(14)13-5-3-4-6-13/h9H,3-8H2,1-2H3,(H,12,14). The lowest BCUT2D eigenvalue weighted by Gasteiger charge is -2.19. The minimum Gasteiger partial charge on any atom is -0.348 e. The van der Waals surface area contributed by atoms with Gasteiger partial charge in [-0.2, -0.15) is 0 Å². The molecule has 0 bridgehead atoms. The molecule has 1 atom stereocenters. The van der Waals surface area contributed by atoms with Crippen LogP contribution in [0.15, 0.2) is 0 Å². The van der Waals surface area contributed by atoms with E-state index in [0.717, 1.165) is 25.9 Å². The SMILES string of the molecule is CC1(C)OCC(CNC(=O)N2CCCC2)O1. The molecule has 5 nitrogen and oxygen atoms in total. The number of urea groups is 1. The van der Waals surface area contributed by atoms with Crippen LogP contribution < -0.4 is 5.32 Å². The van der Waals surface area contributed by atoms with Crippen LogP contribution in [-0.4, -0.2) is 49.1 Å². The summed E-state index contributed by atoms with van der Waals surface area (Å²) in [4.78, 5) is 13.5. The fourth-order valence-electron chi connectivity index (χ4n) is 2.10. The summed E-state index contributed by atoms with van der Waals surface area (Å²) < 4.78 is 11.0. The molecule has 0 aliphatic carbocycles. The summed E-state index contributed by atoms with van der Waals surface area (Å²) in [7, 11) is 0. The van der Waals surface area contributed by atoms with Crippen LogP contribution in [0.4, 0.5) is 4.79 Å². The molecule has 1 unspecified atom stereocenters. The second-order valence-corrected chi connectivity index (χ2v) is 4.83. The number of nitrogens with zero attached hydrogens (tertiary/aromatic N) is 1. The van der Waals surface area contributed by atoms with Crippen molar-refractivity contribution < 1.29 is 14.3 Å². The van der Waals surface area contributed by atoms with Crippen LogP contribution in [0.1, 0.15) is 26.7 Å². The fourth-order valence-corrected chi connectivity index (χ4v) is 2.10. The predicted octanol–water partition coefficient (Wildman–Crippen LogP) is 0.943. The van der Waals surface area contributed by atoms with Crippen LogP contribution in [0.5, 0.6) is 0 Å². The average Bonchev–Trinajstić information content (AvgIpc) is 2.83. The number of hydrogen-bond donors (Lipinski definition) is 1. The van der Waals surface area contributed by atoms with Gasteiger partial charge in [-0.15, -0.1) is 0 Å². The molecule has 0 saturated carbocycles. The summed E-state index contributed by atoms with van der Waals surface area (Å²) in [6.07, 6.45) is 2.20. The van der Waals surface area contributed by atoms with Crippen molar-refractivity contribution in [1.82, 2.24) is 10.2 Å². The van der Waals surface area contributed by atoms with Crippen molar-refractivity contribution >= 4 is 6.03 Å². The highest BCUT2D eigenvalue weighted by Crippen LogP contribution is 2.21. The number of carbonyl (C=O) groups is 1. The summed E-state index contributed by atoms with van der Waals surface area (Å²) in [6, 6.07) is 0.0193. The molecule has 16 heavy (non-hydrogen) atoms. The molecule has 5 heteroatoms. The molecule has 0 aromatic carbocycles. The zero-order chi connectivity index (χ0) is 11.6. The van der Waals surface area contributed by atoms with E-state index in [9.17, 15) is 4.79 Å². The van der Waals surface area contributed by atoms with E-state index in [-0.39, 0.29) is 12.1 Å². The lowest BCUT2D eigenvalue weighted by Crippen LogP contribution is -2.42. The fraction of sp³-hybridized carbons (Fsp3) is 0.909. The van der Waals surface area contributed by atoms with Gasteiger partial charge in [0.15, 0.2) is 5.79 Å². The second kappa shape index (κ2) is 4.59. The van der Waals surface area contributed by atoms with Crippen LogP contribution >= 0.6 is 0 Å². The van der Waals surface area contributed by atoms with E-state index in [1.807, 2.05) is 18.7 Å². The molecule has 2 saturated heterocycles. The van der Waals surface area contributed by atoms with Crippen LogP contribution in [0.3, 0.4) is 0 Å². The molecule has 2 amide bonds. The molecular weight excluding hydrogens is 208 g/mol. The third-order valence-electron chi connectivity index (χ3n) is 2.94. The molecular formula is C11H20N2O3. The van der Waals surface area contributed by atoms with Crippen molar-refractivity contribution in [2.24, 2.45) is 0 Å². The molecule has 2 rings (SSSR count). The van der Waals surface area contributed by atoms with Crippen LogP contribution in [0, 0.1) is 0 Å². The number of likely N-dealkylation sites (tertiary alicyclic amines) is 1. The summed E-state index contributed by atoms with van der Waals surface area (Å²) in [5, 5.41) is 2.89. The van der Waals surface area contributed by atoms with Crippen LogP contribution in [0.25, 0.3) is 0 Å². The Kier molecular flexibility index (Phi) is 3.35. The Bertz CT molecular complexity index is 262. The molecule has 2 aliphatic heterocycles. The number of nitrogens with one attached hydrogen (secondary N) is 1. The van der Waals surface area contributed by atoms with Gasteiger partial charge in [0, 0.05) is 19.6 Å². The number of amides is 2. The van der Waals surface area contributed by atoms with E-state index in [4.69, 9.17) is 9.47 Å². The Labute approximate surface area is 96.1 Å². The Morgan fingerprint density at radius 3 is 2.69 bits per heavy atom. The first-order valence-electron chi connectivity index (χ1n) is 5.91. The van der Waals surface area contributed by atoms with Crippen LogP contribution in [0.2, 0.25) is 0 Å². The number of hydrogen-bond acceptors (Lipinski definition) is 3. The van der Waals surface area contributed by atoms with E-state index in [2.05, 4.69) is 5.32 Å². The van der Waals surface area contributed by atoms with E-state index < -0.39 is 5.79 Å². The first-order chi connectivity index (χ1) is 7.57. The van der Waals surface area contributed by atoms with Gasteiger partial charge in [0.05, 0.1) is 6.61 Å². The maximum absolute atomic E-state index is 11.7. The van der Waals surface area contributed by atoms with Gasteiger partial charge in [-0.3, -0.25) is 0 Å². The van der Waals surface area contributed by atoms with Gasteiger partial charge in [-0.1, -0.05) is 0 Å².